The molecule has 3 nitrogen and oxygen atoms in total. The van der Waals surface area contributed by atoms with Crippen LogP contribution in [0.2, 0.25) is 0 Å². The smallest absolute Gasteiger partial charge is 0.146 e. The summed E-state index contributed by atoms with van der Waals surface area (Å²) in [6.45, 7) is 4.67. The van der Waals surface area contributed by atoms with E-state index in [1.807, 2.05) is 12.1 Å². The van der Waals surface area contributed by atoms with E-state index in [9.17, 15) is 4.39 Å². The van der Waals surface area contributed by atoms with Crippen LogP contribution in [0.3, 0.4) is 0 Å². The zero-order chi connectivity index (χ0) is 14.7. The van der Waals surface area contributed by atoms with Crippen molar-refractivity contribution in [2.24, 2.45) is 11.7 Å². The lowest BCUT2D eigenvalue weighted by Crippen LogP contribution is -2.54. The molecular weight excluding hydrogens is 265 g/mol. The lowest BCUT2D eigenvalue weighted by atomic mass is 9.83. The minimum atomic E-state index is -0.108. The van der Waals surface area contributed by atoms with E-state index in [0.717, 1.165) is 38.4 Å². The quantitative estimate of drug-likeness (QED) is 0.928. The van der Waals surface area contributed by atoms with Crippen molar-refractivity contribution in [3.63, 3.8) is 0 Å². The van der Waals surface area contributed by atoms with Crippen molar-refractivity contribution in [2.45, 2.75) is 31.7 Å². The summed E-state index contributed by atoms with van der Waals surface area (Å²) in [5.74, 6) is 0.544. The van der Waals surface area contributed by atoms with Gasteiger partial charge in [0, 0.05) is 32.2 Å². The van der Waals surface area contributed by atoms with Gasteiger partial charge in [-0.2, -0.15) is 0 Å². The predicted octanol–water partition coefficient (Wildman–Crippen LogP) is 2.47. The number of para-hydroxylation sites is 1. The first kappa shape index (κ1) is 14.8. The van der Waals surface area contributed by atoms with Gasteiger partial charge in [-0.25, -0.2) is 4.39 Å². The highest BCUT2D eigenvalue weighted by atomic mass is 19.1. The van der Waals surface area contributed by atoms with Crippen LogP contribution in [-0.4, -0.2) is 43.7 Å². The number of rotatable bonds is 3. The largest absolute Gasteiger partial charge is 0.367 e. The zero-order valence-corrected chi connectivity index (χ0v) is 12.7. The molecule has 1 aliphatic carbocycles. The number of benzene rings is 1. The van der Waals surface area contributed by atoms with E-state index in [4.69, 9.17) is 5.73 Å². The molecule has 2 aliphatic rings. The molecule has 1 aromatic rings. The second-order valence-electron chi connectivity index (χ2n) is 6.32. The topological polar surface area (TPSA) is 32.5 Å². The summed E-state index contributed by atoms with van der Waals surface area (Å²) < 4.78 is 13.9. The molecular formula is C17H26FN3. The highest BCUT2D eigenvalue weighted by Gasteiger charge is 2.31. The monoisotopic (exact) mass is 291 g/mol. The molecule has 4 heteroatoms. The molecule has 2 unspecified atom stereocenters. The van der Waals surface area contributed by atoms with Crippen molar-refractivity contribution in [2.75, 3.05) is 37.6 Å². The fourth-order valence-corrected chi connectivity index (χ4v) is 3.95. The van der Waals surface area contributed by atoms with Crippen LogP contribution in [0, 0.1) is 11.7 Å². The highest BCUT2D eigenvalue weighted by molar-refractivity contribution is 5.48. The average molecular weight is 291 g/mol. The summed E-state index contributed by atoms with van der Waals surface area (Å²) in [5, 5.41) is 0. The van der Waals surface area contributed by atoms with Gasteiger partial charge in [-0.05, 0) is 37.4 Å². The number of anilines is 1. The molecule has 1 saturated carbocycles. The summed E-state index contributed by atoms with van der Waals surface area (Å²) >= 11 is 0. The number of nitrogens with two attached hydrogens (primary N) is 1. The number of nitrogens with zero attached hydrogens (tertiary/aromatic N) is 2. The van der Waals surface area contributed by atoms with Gasteiger partial charge in [0.1, 0.15) is 5.82 Å². The van der Waals surface area contributed by atoms with E-state index in [1.54, 1.807) is 12.1 Å². The van der Waals surface area contributed by atoms with Gasteiger partial charge in [0.25, 0.3) is 0 Å². The van der Waals surface area contributed by atoms with E-state index in [0.29, 0.717) is 12.0 Å². The molecule has 2 atom stereocenters. The first-order valence-corrected chi connectivity index (χ1v) is 8.23. The number of hydrogen-bond donors (Lipinski definition) is 1. The van der Waals surface area contributed by atoms with Crippen molar-refractivity contribution < 1.29 is 4.39 Å². The Bertz CT molecular complexity index is 457. The molecule has 2 N–H and O–H groups in total. The van der Waals surface area contributed by atoms with Gasteiger partial charge in [-0.15, -0.1) is 0 Å². The number of halogens is 1. The summed E-state index contributed by atoms with van der Waals surface area (Å²) in [6.07, 6.45) is 5.21. The Morgan fingerprint density at radius 1 is 1.05 bits per heavy atom. The average Bonchev–Trinajstić information content (AvgIpc) is 2.55. The summed E-state index contributed by atoms with van der Waals surface area (Å²) in [6, 6.07) is 7.74. The maximum atomic E-state index is 13.9. The minimum absolute atomic E-state index is 0.108. The molecule has 1 aliphatic heterocycles. The Morgan fingerprint density at radius 2 is 1.76 bits per heavy atom. The molecule has 21 heavy (non-hydrogen) atoms. The first-order chi connectivity index (χ1) is 10.3. The van der Waals surface area contributed by atoms with E-state index < -0.39 is 0 Å². The van der Waals surface area contributed by atoms with Gasteiger partial charge in [-0.1, -0.05) is 25.0 Å². The van der Waals surface area contributed by atoms with Gasteiger partial charge < -0.3 is 10.6 Å². The van der Waals surface area contributed by atoms with Gasteiger partial charge in [0.05, 0.1) is 5.69 Å². The van der Waals surface area contributed by atoms with Gasteiger partial charge in [0.2, 0.25) is 0 Å². The Balaban J connectivity index is 1.61. The van der Waals surface area contributed by atoms with Crippen LogP contribution < -0.4 is 10.6 Å². The van der Waals surface area contributed by atoms with Crippen LogP contribution in [0.25, 0.3) is 0 Å². The Hall–Kier alpha value is -1.13. The molecule has 0 amide bonds. The van der Waals surface area contributed by atoms with E-state index in [1.165, 1.54) is 25.7 Å². The molecule has 2 fully saturated rings. The van der Waals surface area contributed by atoms with E-state index in [-0.39, 0.29) is 5.82 Å². The number of hydrogen-bond acceptors (Lipinski definition) is 3. The second-order valence-corrected chi connectivity index (χ2v) is 6.32. The van der Waals surface area contributed by atoms with Crippen molar-refractivity contribution in [3.05, 3.63) is 30.1 Å². The zero-order valence-electron chi connectivity index (χ0n) is 12.7. The molecule has 0 spiro atoms. The first-order valence-electron chi connectivity index (χ1n) is 8.23. The molecule has 0 aromatic heterocycles. The molecule has 116 valence electrons. The van der Waals surface area contributed by atoms with Crippen LogP contribution in [0.5, 0.6) is 0 Å². The maximum absolute atomic E-state index is 13.9. The third kappa shape index (κ3) is 3.22. The number of piperazine rings is 1. The summed E-state index contributed by atoms with van der Waals surface area (Å²) in [5.41, 5.74) is 6.70. The SMILES string of the molecule is NCC1CCCCC1N1CCN(c2ccccc2F)CC1. The van der Waals surface area contributed by atoms with Crippen molar-refractivity contribution in [1.82, 2.24) is 4.90 Å². The summed E-state index contributed by atoms with van der Waals surface area (Å²) in [7, 11) is 0. The maximum Gasteiger partial charge on any atom is 0.146 e. The normalized spacial score (nSPS) is 27.8. The third-order valence-corrected chi connectivity index (χ3v) is 5.15. The molecule has 3 rings (SSSR count). The van der Waals surface area contributed by atoms with Gasteiger partial charge >= 0.3 is 0 Å². The fourth-order valence-electron chi connectivity index (χ4n) is 3.95. The van der Waals surface area contributed by atoms with Crippen LogP contribution in [-0.2, 0) is 0 Å². The van der Waals surface area contributed by atoms with Gasteiger partial charge in [0.15, 0.2) is 0 Å². The third-order valence-electron chi connectivity index (χ3n) is 5.15. The van der Waals surface area contributed by atoms with Crippen molar-refractivity contribution >= 4 is 5.69 Å². The minimum Gasteiger partial charge on any atom is -0.367 e. The van der Waals surface area contributed by atoms with Crippen molar-refractivity contribution in [1.29, 1.82) is 0 Å². The Kier molecular flexibility index (Phi) is 4.76. The van der Waals surface area contributed by atoms with E-state index >= 15 is 0 Å². The predicted molar refractivity (Wildman–Crippen MR) is 85.0 cm³/mol. The molecule has 1 saturated heterocycles. The van der Waals surface area contributed by atoms with Crippen LogP contribution in [0.1, 0.15) is 25.7 Å². The lowest BCUT2D eigenvalue weighted by molar-refractivity contribution is 0.101. The standard InChI is InChI=1S/C17H26FN3/c18-15-6-2-4-8-17(15)21-11-9-20(10-12-21)16-7-3-1-5-14(16)13-19/h2,4,6,8,14,16H,1,3,5,7,9-13,19H2. The van der Waals surface area contributed by atoms with Crippen molar-refractivity contribution in [3.8, 4) is 0 Å². The highest BCUT2D eigenvalue weighted by Crippen LogP contribution is 2.29. The lowest BCUT2D eigenvalue weighted by Gasteiger charge is -2.44. The second kappa shape index (κ2) is 6.75. The summed E-state index contributed by atoms with van der Waals surface area (Å²) in [4.78, 5) is 4.76. The molecule has 1 aromatic carbocycles. The molecule has 1 heterocycles. The van der Waals surface area contributed by atoms with Crippen LogP contribution >= 0.6 is 0 Å². The fraction of sp³-hybridized carbons (Fsp3) is 0.647. The molecule has 0 radical (unpaired) electrons. The van der Waals surface area contributed by atoms with Gasteiger partial charge in [-0.3, -0.25) is 4.90 Å². The van der Waals surface area contributed by atoms with Crippen LogP contribution in [0.4, 0.5) is 10.1 Å². The Morgan fingerprint density at radius 3 is 2.48 bits per heavy atom. The Labute approximate surface area is 126 Å². The molecule has 0 bridgehead atoms. The van der Waals surface area contributed by atoms with E-state index in [2.05, 4.69) is 9.80 Å². The van der Waals surface area contributed by atoms with Crippen LogP contribution in [0.15, 0.2) is 24.3 Å².